The normalized spacial score (nSPS) is 19.9. The van der Waals surface area contributed by atoms with Crippen molar-refractivity contribution in [2.24, 2.45) is 4.99 Å². The van der Waals surface area contributed by atoms with Gasteiger partial charge in [0.2, 0.25) is 0 Å². The van der Waals surface area contributed by atoms with E-state index in [0.717, 1.165) is 49.3 Å². The molecule has 2 heterocycles. The van der Waals surface area contributed by atoms with Gasteiger partial charge in [-0.05, 0) is 44.8 Å². The van der Waals surface area contributed by atoms with Crippen LogP contribution >= 0.6 is 11.6 Å². The fourth-order valence-electron chi connectivity index (χ4n) is 3.55. The van der Waals surface area contributed by atoms with Gasteiger partial charge in [-0.2, -0.15) is 5.10 Å². The molecule has 7 nitrogen and oxygen atoms in total. The first-order chi connectivity index (χ1) is 14.1. The molecular weight excluding hydrogens is 386 g/mol. The van der Waals surface area contributed by atoms with Gasteiger partial charge < -0.3 is 15.5 Å². The molecule has 0 aliphatic carbocycles. The van der Waals surface area contributed by atoms with Crippen LogP contribution in [0.4, 0.5) is 0 Å². The first-order valence-electron chi connectivity index (χ1n) is 10.2. The number of guanidine groups is 1. The highest BCUT2D eigenvalue weighted by Gasteiger charge is 2.22. The highest BCUT2D eigenvalue weighted by Crippen LogP contribution is 2.20. The van der Waals surface area contributed by atoms with Crippen LogP contribution in [-0.4, -0.2) is 84.9 Å². The van der Waals surface area contributed by atoms with Crippen molar-refractivity contribution in [1.29, 1.82) is 0 Å². The highest BCUT2D eigenvalue weighted by atomic mass is 35.5. The summed E-state index contributed by atoms with van der Waals surface area (Å²) in [5.41, 5.74) is 1.13. The molecule has 0 spiro atoms. The SMILES string of the molecule is CCNC(=NCC(c1ccc(Cl)cc1)n1cccn1)NCC1CN(C)CCN1C. The van der Waals surface area contributed by atoms with Gasteiger partial charge in [-0.15, -0.1) is 0 Å². The van der Waals surface area contributed by atoms with Crippen molar-refractivity contribution in [2.75, 3.05) is 53.4 Å². The average molecular weight is 418 g/mol. The van der Waals surface area contributed by atoms with Gasteiger partial charge in [0.25, 0.3) is 0 Å². The molecule has 0 radical (unpaired) electrons. The van der Waals surface area contributed by atoms with E-state index in [0.29, 0.717) is 12.6 Å². The number of rotatable bonds is 7. The Morgan fingerprint density at radius 3 is 2.72 bits per heavy atom. The molecule has 1 aliphatic heterocycles. The molecule has 158 valence electrons. The lowest BCUT2D eigenvalue weighted by Gasteiger charge is -2.38. The number of halogens is 1. The number of hydrogen-bond donors (Lipinski definition) is 2. The smallest absolute Gasteiger partial charge is 0.191 e. The lowest BCUT2D eigenvalue weighted by Crippen LogP contribution is -2.55. The van der Waals surface area contributed by atoms with Crippen LogP contribution < -0.4 is 10.6 Å². The van der Waals surface area contributed by atoms with Crippen LogP contribution in [0.1, 0.15) is 18.5 Å². The van der Waals surface area contributed by atoms with Crippen LogP contribution in [0.3, 0.4) is 0 Å². The van der Waals surface area contributed by atoms with E-state index in [1.807, 2.05) is 41.2 Å². The Labute approximate surface area is 178 Å². The number of hydrogen-bond acceptors (Lipinski definition) is 4. The van der Waals surface area contributed by atoms with Crippen LogP contribution in [0.15, 0.2) is 47.7 Å². The molecule has 2 unspecified atom stereocenters. The molecule has 0 saturated carbocycles. The van der Waals surface area contributed by atoms with Crippen molar-refractivity contribution in [3.8, 4) is 0 Å². The predicted molar refractivity (Wildman–Crippen MR) is 120 cm³/mol. The maximum absolute atomic E-state index is 6.07. The fourth-order valence-corrected chi connectivity index (χ4v) is 3.67. The second-order valence-corrected chi connectivity index (χ2v) is 7.99. The maximum Gasteiger partial charge on any atom is 0.191 e. The third-order valence-electron chi connectivity index (χ3n) is 5.35. The number of benzene rings is 1. The summed E-state index contributed by atoms with van der Waals surface area (Å²) in [5.74, 6) is 0.834. The number of likely N-dealkylation sites (N-methyl/N-ethyl adjacent to an activating group) is 2. The lowest BCUT2D eigenvalue weighted by atomic mass is 10.1. The van der Waals surface area contributed by atoms with Gasteiger partial charge in [-0.1, -0.05) is 23.7 Å². The Balaban J connectivity index is 1.69. The number of piperazine rings is 1. The Morgan fingerprint density at radius 2 is 2.03 bits per heavy atom. The summed E-state index contributed by atoms with van der Waals surface area (Å²) in [4.78, 5) is 9.66. The van der Waals surface area contributed by atoms with Crippen LogP contribution in [0.2, 0.25) is 5.02 Å². The van der Waals surface area contributed by atoms with E-state index in [-0.39, 0.29) is 6.04 Å². The van der Waals surface area contributed by atoms with E-state index in [1.165, 1.54) is 0 Å². The average Bonchev–Trinajstić information content (AvgIpc) is 3.24. The van der Waals surface area contributed by atoms with Gasteiger partial charge in [-0.3, -0.25) is 14.6 Å². The van der Waals surface area contributed by atoms with Crippen molar-refractivity contribution in [1.82, 2.24) is 30.2 Å². The van der Waals surface area contributed by atoms with Gasteiger partial charge in [0.1, 0.15) is 0 Å². The van der Waals surface area contributed by atoms with E-state index < -0.39 is 0 Å². The van der Waals surface area contributed by atoms with Gasteiger partial charge in [-0.25, -0.2) is 0 Å². The Bertz CT molecular complexity index is 760. The van der Waals surface area contributed by atoms with Crippen molar-refractivity contribution >= 4 is 17.6 Å². The lowest BCUT2D eigenvalue weighted by molar-refractivity contribution is 0.116. The minimum atomic E-state index is 0.0150. The molecule has 8 heteroatoms. The van der Waals surface area contributed by atoms with Crippen molar-refractivity contribution in [2.45, 2.75) is 19.0 Å². The zero-order valence-electron chi connectivity index (χ0n) is 17.6. The van der Waals surface area contributed by atoms with Crippen molar-refractivity contribution in [3.63, 3.8) is 0 Å². The summed E-state index contributed by atoms with van der Waals surface area (Å²) in [6.07, 6.45) is 3.77. The maximum atomic E-state index is 6.07. The highest BCUT2D eigenvalue weighted by molar-refractivity contribution is 6.30. The Morgan fingerprint density at radius 1 is 1.24 bits per heavy atom. The second kappa shape index (κ2) is 10.6. The third-order valence-corrected chi connectivity index (χ3v) is 5.60. The first-order valence-corrected chi connectivity index (χ1v) is 10.6. The third kappa shape index (κ3) is 6.19. The largest absolute Gasteiger partial charge is 0.357 e. The predicted octanol–water partition coefficient (Wildman–Crippen LogP) is 1.93. The van der Waals surface area contributed by atoms with E-state index in [4.69, 9.17) is 16.6 Å². The van der Waals surface area contributed by atoms with Gasteiger partial charge in [0, 0.05) is 56.2 Å². The number of aliphatic imine (C=N–C) groups is 1. The molecule has 1 aromatic carbocycles. The molecular formula is C21H32ClN7. The molecule has 1 fully saturated rings. The summed E-state index contributed by atoms with van der Waals surface area (Å²) < 4.78 is 1.94. The summed E-state index contributed by atoms with van der Waals surface area (Å²) in [6.45, 7) is 7.62. The summed E-state index contributed by atoms with van der Waals surface area (Å²) in [6, 6.07) is 10.3. The topological polar surface area (TPSA) is 60.7 Å². The van der Waals surface area contributed by atoms with E-state index in [1.54, 1.807) is 6.20 Å². The fraction of sp³-hybridized carbons (Fsp3) is 0.524. The number of nitrogens with one attached hydrogen (secondary N) is 2. The van der Waals surface area contributed by atoms with Crippen LogP contribution in [0.25, 0.3) is 0 Å². The van der Waals surface area contributed by atoms with Crippen molar-refractivity contribution in [3.05, 3.63) is 53.3 Å². The van der Waals surface area contributed by atoms with Crippen LogP contribution in [-0.2, 0) is 0 Å². The molecule has 0 amide bonds. The Kier molecular flexibility index (Phi) is 7.91. The molecule has 2 atom stereocenters. The minimum absolute atomic E-state index is 0.0150. The van der Waals surface area contributed by atoms with E-state index in [2.05, 4.69) is 46.6 Å². The number of aromatic nitrogens is 2. The van der Waals surface area contributed by atoms with Crippen LogP contribution in [0, 0.1) is 0 Å². The minimum Gasteiger partial charge on any atom is -0.357 e. The van der Waals surface area contributed by atoms with Gasteiger partial charge >= 0.3 is 0 Å². The van der Waals surface area contributed by atoms with E-state index in [9.17, 15) is 0 Å². The summed E-state index contributed by atoms with van der Waals surface area (Å²) in [5, 5.41) is 12.1. The molecule has 3 rings (SSSR count). The molecule has 1 aliphatic rings. The van der Waals surface area contributed by atoms with E-state index >= 15 is 0 Å². The summed E-state index contributed by atoms with van der Waals surface area (Å²) >= 11 is 6.07. The van der Waals surface area contributed by atoms with Crippen molar-refractivity contribution < 1.29 is 0 Å². The molecule has 1 saturated heterocycles. The van der Waals surface area contributed by atoms with Gasteiger partial charge in [0.15, 0.2) is 5.96 Å². The molecule has 1 aromatic heterocycles. The quantitative estimate of drug-likeness (QED) is 0.532. The Hall–Kier alpha value is -2.09. The van der Waals surface area contributed by atoms with Crippen LogP contribution in [0.5, 0.6) is 0 Å². The molecule has 2 N–H and O–H groups in total. The zero-order valence-corrected chi connectivity index (χ0v) is 18.3. The molecule has 2 aromatic rings. The summed E-state index contributed by atoms with van der Waals surface area (Å²) in [7, 11) is 4.37. The van der Waals surface area contributed by atoms with Gasteiger partial charge in [0.05, 0.1) is 12.6 Å². The molecule has 29 heavy (non-hydrogen) atoms. The number of nitrogens with zero attached hydrogens (tertiary/aromatic N) is 5. The zero-order chi connectivity index (χ0) is 20.6. The first kappa shape index (κ1) is 21.6. The molecule has 0 bridgehead atoms. The standard InChI is InChI=1S/C21H32ClN7/c1-4-23-21(24-14-19-16-27(2)12-13-28(19)3)25-15-20(29-11-5-10-26-29)17-6-8-18(22)9-7-17/h5-11,19-20H,4,12-16H2,1-3H3,(H2,23,24,25). The monoisotopic (exact) mass is 417 g/mol. The second-order valence-electron chi connectivity index (χ2n) is 7.55.